The molecule has 0 heterocycles. The van der Waals surface area contributed by atoms with Crippen molar-refractivity contribution in [1.82, 2.24) is 0 Å². The highest BCUT2D eigenvalue weighted by Crippen LogP contribution is 2.28. The van der Waals surface area contributed by atoms with E-state index in [9.17, 15) is 23.3 Å². The lowest BCUT2D eigenvalue weighted by Crippen LogP contribution is -2.38. The van der Waals surface area contributed by atoms with Gasteiger partial charge in [0.25, 0.3) is 5.69 Å². The van der Waals surface area contributed by atoms with Crippen LogP contribution in [0.5, 0.6) is 0 Å². The maximum absolute atomic E-state index is 12.5. The average Bonchev–Trinajstić information content (AvgIpc) is 2.54. The Labute approximate surface area is 158 Å². The van der Waals surface area contributed by atoms with Gasteiger partial charge < -0.3 is 5.32 Å². The number of nitrogens with zero attached hydrogens (tertiary/aromatic N) is 2. The lowest BCUT2D eigenvalue weighted by molar-refractivity contribution is -0.385. The van der Waals surface area contributed by atoms with Crippen molar-refractivity contribution >= 4 is 33.0 Å². The van der Waals surface area contributed by atoms with Crippen molar-refractivity contribution in [3.8, 4) is 0 Å². The monoisotopic (exact) mass is 391 g/mol. The molecule has 0 saturated carbocycles. The van der Waals surface area contributed by atoms with E-state index < -0.39 is 27.4 Å². The summed E-state index contributed by atoms with van der Waals surface area (Å²) in [4.78, 5) is 23.0. The minimum atomic E-state index is -3.72. The number of aryl methyl sites for hydroxylation is 2. The quantitative estimate of drug-likeness (QED) is 0.601. The number of nitrogens with one attached hydrogen (secondary N) is 1. The number of hydrogen-bond donors (Lipinski definition) is 1. The number of hydrogen-bond acceptors (Lipinski definition) is 5. The first-order valence-corrected chi connectivity index (χ1v) is 9.95. The van der Waals surface area contributed by atoms with Gasteiger partial charge in [-0.15, -0.1) is 0 Å². The van der Waals surface area contributed by atoms with Gasteiger partial charge in [0, 0.05) is 6.07 Å². The Hall–Kier alpha value is -2.94. The molecule has 0 saturated heterocycles. The maximum Gasteiger partial charge on any atom is 0.274 e. The Balaban J connectivity index is 2.34. The Bertz CT molecular complexity index is 982. The van der Waals surface area contributed by atoms with Gasteiger partial charge in [-0.2, -0.15) is 0 Å². The van der Waals surface area contributed by atoms with E-state index in [1.54, 1.807) is 32.0 Å². The van der Waals surface area contributed by atoms with Crippen LogP contribution in [0.15, 0.2) is 36.4 Å². The van der Waals surface area contributed by atoms with E-state index in [2.05, 4.69) is 5.32 Å². The normalized spacial score (nSPS) is 11.1. The van der Waals surface area contributed by atoms with Crippen molar-refractivity contribution in [1.29, 1.82) is 0 Å². The Kier molecular flexibility index (Phi) is 5.85. The van der Waals surface area contributed by atoms with Crippen LogP contribution in [0.1, 0.15) is 16.7 Å². The van der Waals surface area contributed by atoms with E-state index in [1.807, 2.05) is 0 Å². The summed E-state index contributed by atoms with van der Waals surface area (Å²) in [6, 6.07) is 9.67. The third-order valence-electron chi connectivity index (χ3n) is 4.15. The fourth-order valence-electron chi connectivity index (χ4n) is 2.84. The fourth-order valence-corrected chi connectivity index (χ4v) is 3.81. The number of amides is 1. The van der Waals surface area contributed by atoms with Crippen molar-refractivity contribution in [2.45, 2.75) is 20.8 Å². The van der Waals surface area contributed by atoms with Gasteiger partial charge in [0.15, 0.2) is 0 Å². The van der Waals surface area contributed by atoms with Gasteiger partial charge in [-0.3, -0.25) is 19.2 Å². The minimum Gasteiger partial charge on any atom is -0.324 e. The van der Waals surface area contributed by atoms with Gasteiger partial charge in [-0.1, -0.05) is 24.3 Å². The average molecular weight is 391 g/mol. The summed E-state index contributed by atoms with van der Waals surface area (Å²) >= 11 is 0. The molecule has 0 atom stereocenters. The highest BCUT2D eigenvalue weighted by atomic mass is 32.2. The molecule has 0 radical (unpaired) electrons. The van der Waals surface area contributed by atoms with Gasteiger partial charge in [0.2, 0.25) is 15.9 Å². The molecule has 2 rings (SSSR count). The third-order valence-corrected chi connectivity index (χ3v) is 5.26. The molecule has 0 aliphatic heterocycles. The molecule has 8 nitrogen and oxygen atoms in total. The minimum absolute atomic E-state index is 0.123. The molecule has 0 fully saturated rings. The van der Waals surface area contributed by atoms with Gasteiger partial charge in [0.1, 0.15) is 6.54 Å². The van der Waals surface area contributed by atoms with Crippen molar-refractivity contribution in [2.24, 2.45) is 0 Å². The number of carbonyl (C=O) groups excluding carboxylic acids is 1. The molecule has 0 aliphatic rings. The molecular weight excluding hydrogens is 370 g/mol. The molecule has 0 unspecified atom stereocenters. The second-order valence-electron chi connectivity index (χ2n) is 6.27. The summed E-state index contributed by atoms with van der Waals surface area (Å²) in [7, 11) is -3.72. The van der Waals surface area contributed by atoms with Gasteiger partial charge >= 0.3 is 0 Å². The molecule has 0 aromatic heterocycles. The molecule has 9 heteroatoms. The third kappa shape index (κ3) is 4.62. The summed E-state index contributed by atoms with van der Waals surface area (Å²) in [5.41, 5.74) is 2.34. The molecule has 0 bridgehead atoms. The molecular formula is C18H21N3O5S. The van der Waals surface area contributed by atoms with Crippen LogP contribution in [0.25, 0.3) is 0 Å². The summed E-state index contributed by atoms with van der Waals surface area (Å²) < 4.78 is 25.6. The summed E-state index contributed by atoms with van der Waals surface area (Å²) in [5, 5.41) is 13.6. The van der Waals surface area contributed by atoms with E-state index in [-0.39, 0.29) is 11.4 Å². The fraction of sp³-hybridized carbons (Fsp3) is 0.278. The van der Waals surface area contributed by atoms with Gasteiger partial charge in [-0.05, 0) is 38.0 Å². The summed E-state index contributed by atoms with van der Waals surface area (Å²) in [6.45, 7) is 4.62. The second kappa shape index (κ2) is 7.75. The molecule has 27 heavy (non-hydrogen) atoms. The zero-order valence-corrected chi connectivity index (χ0v) is 16.3. The molecule has 1 amide bonds. The number of anilines is 2. The number of rotatable bonds is 6. The second-order valence-corrected chi connectivity index (χ2v) is 8.17. The number of nitro groups is 1. The van der Waals surface area contributed by atoms with Gasteiger partial charge in [-0.25, -0.2) is 8.42 Å². The maximum atomic E-state index is 12.5. The topological polar surface area (TPSA) is 110 Å². The smallest absolute Gasteiger partial charge is 0.274 e. The molecule has 2 aromatic rings. The van der Waals surface area contributed by atoms with Crippen LogP contribution >= 0.6 is 0 Å². The number of benzene rings is 2. The van der Waals surface area contributed by atoms with Crippen LogP contribution in [0.4, 0.5) is 17.1 Å². The number of nitro benzene ring substituents is 1. The summed E-state index contributed by atoms with van der Waals surface area (Å²) in [5.74, 6) is -0.591. The molecule has 0 spiro atoms. The van der Waals surface area contributed by atoms with Crippen LogP contribution in [0, 0.1) is 30.9 Å². The Morgan fingerprint density at radius 1 is 1.11 bits per heavy atom. The number of carbonyl (C=O) groups is 1. The van der Waals surface area contributed by atoms with Crippen LogP contribution in [0.3, 0.4) is 0 Å². The predicted molar refractivity (Wildman–Crippen MR) is 105 cm³/mol. The van der Waals surface area contributed by atoms with Crippen LogP contribution in [-0.2, 0) is 14.8 Å². The lowest BCUT2D eigenvalue weighted by atomic mass is 10.1. The van der Waals surface area contributed by atoms with Crippen molar-refractivity contribution in [2.75, 3.05) is 22.4 Å². The Morgan fingerprint density at radius 2 is 1.67 bits per heavy atom. The van der Waals surface area contributed by atoms with Crippen LogP contribution in [0.2, 0.25) is 0 Å². The molecule has 0 aliphatic carbocycles. The number of para-hydroxylation sites is 1. The standard InChI is InChI=1S/C18H21N3O5S/c1-12-7-5-8-13(2)18(12)20(27(4,25)26)11-17(22)19-15-9-6-10-16(14(15)3)21(23)24/h5-10H,11H2,1-4H3,(H,19,22). The van der Waals surface area contributed by atoms with E-state index in [1.165, 1.54) is 25.1 Å². The zero-order valence-electron chi connectivity index (χ0n) is 15.5. The first-order valence-electron chi connectivity index (χ1n) is 8.10. The molecule has 144 valence electrons. The van der Waals surface area contributed by atoms with Crippen molar-refractivity contribution in [3.63, 3.8) is 0 Å². The van der Waals surface area contributed by atoms with Crippen LogP contribution < -0.4 is 9.62 Å². The van der Waals surface area contributed by atoms with Crippen LogP contribution in [-0.4, -0.2) is 32.0 Å². The Morgan fingerprint density at radius 3 is 2.19 bits per heavy atom. The van der Waals surface area contributed by atoms with Gasteiger partial charge in [0.05, 0.1) is 28.1 Å². The number of sulfonamides is 1. The lowest BCUT2D eigenvalue weighted by Gasteiger charge is -2.25. The zero-order chi connectivity index (χ0) is 20.4. The highest BCUT2D eigenvalue weighted by Gasteiger charge is 2.24. The van der Waals surface area contributed by atoms with E-state index in [4.69, 9.17) is 0 Å². The first kappa shape index (κ1) is 20.4. The summed E-state index contributed by atoms with van der Waals surface area (Å²) in [6.07, 6.45) is 1.03. The van der Waals surface area contributed by atoms with Crippen molar-refractivity contribution in [3.05, 3.63) is 63.2 Å². The van der Waals surface area contributed by atoms with E-state index in [0.717, 1.165) is 21.7 Å². The highest BCUT2D eigenvalue weighted by molar-refractivity contribution is 7.92. The molecule has 1 N–H and O–H groups in total. The molecule has 2 aromatic carbocycles. The first-order chi connectivity index (χ1) is 12.5. The largest absolute Gasteiger partial charge is 0.324 e. The van der Waals surface area contributed by atoms with Crippen molar-refractivity contribution < 1.29 is 18.1 Å². The van der Waals surface area contributed by atoms with E-state index in [0.29, 0.717) is 11.3 Å². The SMILES string of the molecule is Cc1cccc(C)c1N(CC(=O)Nc1cccc([N+](=O)[O-])c1C)S(C)(=O)=O. The predicted octanol–water partition coefficient (Wildman–Crippen LogP) is 2.92. The van der Waals surface area contributed by atoms with E-state index >= 15 is 0 Å².